The number of hydrogen-bond donors (Lipinski definition) is 0. The van der Waals surface area contributed by atoms with Crippen molar-refractivity contribution in [3.05, 3.63) is 34.7 Å². The van der Waals surface area contributed by atoms with Crippen molar-refractivity contribution in [1.29, 1.82) is 0 Å². The quantitative estimate of drug-likeness (QED) is 0.729. The zero-order chi connectivity index (χ0) is 16.8. The third-order valence-corrected chi connectivity index (χ3v) is 4.52. The van der Waals surface area contributed by atoms with Crippen LogP contribution in [0.3, 0.4) is 0 Å². The Morgan fingerprint density at radius 2 is 2.04 bits per heavy atom. The van der Waals surface area contributed by atoms with Gasteiger partial charge in [-0.1, -0.05) is 0 Å². The molecule has 6 heteroatoms. The van der Waals surface area contributed by atoms with E-state index < -0.39 is 5.60 Å². The lowest BCUT2D eigenvalue weighted by molar-refractivity contribution is 0.0155. The molecule has 2 atom stereocenters. The van der Waals surface area contributed by atoms with Crippen LogP contribution in [0.25, 0.3) is 5.65 Å². The summed E-state index contributed by atoms with van der Waals surface area (Å²) in [6.07, 6.45) is 5.58. The van der Waals surface area contributed by atoms with Crippen LogP contribution in [0.1, 0.15) is 52.3 Å². The van der Waals surface area contributed by atoms with Crippen LogP contribution in [0.2, 0.25) is 0 Å². The average Bonchev–Trinajstić information content (AvgIpc) is 2.99. The van der Waals surface area contributed by atoms with Crippen molar-refractivity contribution in [3.63, 3.8) is 0 Å². The standard InChI is InChI=1S/C17H22BrN3O2/c1-11-5-7-14(21(11)16(22)23-17(2,3)4)13-10-20-9-12(18)6-8-15(20)19-13/h6,8-11,14H,5,7H2,1-4H3. The molecular weight excluding hydrogens is 358 g/mol. The van der Waals surface area contributed by atoms with E-state index in [1.54, 1.807) is 0 Å². The van der Waals surface area contributed by atoms with Gasteiger partial charge in [0, 0.05) is 22.9 Å². The summed E-state index contributed by atoms with van der Waals surface area (Å²) >= 11 is 3.47. The van der Waals surface area contributed by atoms with Crippen molar-refractivity contribution in [2.45, 2.75) is 58.2 Å². The number of ether oxygens (including phenoxy) is 1. The third kappa shape index (κ3) is 3.37. The topological polar surface area (TPSA) is 46.8 Å². The van der Waals surface area contributed by atoms with Gasteiger partial charge in [-0.15, -0.1) is 0 Å². The van der Waals surface area contributed by atoms with Crippen molar-refractivity contribution >= 4 is 27.7 Å². The Balaban J connectivity index is 1.91. The smallest absolute Gasteiger partial charge is 0.411 e. The van der Waals surface area contributed by atoms with Gasteiger partial charge in [-0.2, -0.15) is 0 Å². The molecule has 0 aliphatic carbocycles. The van der Waals surface area contributed by atoms with E-state index >= 15 is 0 Å². The minimum atomic E-state index is -0.492. The van der Waals surface area contributed by atoms with Crippen LogP contribution >= 0.6 is 15.9 Å². The Hall–Kier alpha value is -1.56. The molecule has 2 aromatic heterocycles. The lowest BCUT2D eigenvalue weighted by atomic mass is 10.1. The van der Waals surface area contributed by atoms with Gasteiger partial charge < -0.3 is 9.14 Å². The van der Waals surface area contributed by atoms with Gasteiger partial charge in [-0.3, -0.25) is 4.90 Å². The molecule has 0 bridgehead atoms. The summed E-state index contributed by atoms with van der Waals surface area (Å²) in [6.45, 7) is 7.74. The van der Waals surface area contributed by atoms with Crippen LogP contribution < -0.4 is 0 Å². The van der Waals surface area contributed by atoms with Gasteiger partial charge in [-0.05, 0) is 68.6 Å². The van der Waals surface area contributed by atoms with Crippen molar-refractivity contribution in [2.75, 3.05) is 0 Å². The highest BCUT2D eigenvalue weighted by Crippen LogP contribution is 2.36. The number of rotatable bonds is 1. The monoisotopic (exact) mass is 379 g/mol. The number of halogens is 1. The highest BCUT2D eigenvalue weighted by atomic mass is 79.9. The van der Waals surface area contributed by atoms with Gasteiger partial charge in [0.15, 0.2) is 0 Å². The normalized spacial score (nSPS) is 21.9. The van der Waals surface area contributed by atoms with Crippen molar-refractivity contribution in [1.82, 2.24) is 14.3 Å². The molecule has 1 fully saturated rings. The summed E-state index contributed by atoms with van der Waals surface area (Å²) in [5, 5.41) is 0. The highest BCUT2D eigenvalue weighted by Gasteiger charge is 2.39. The minimum Gasteiger partial charge on any atom is -0.444 e. The van der Waals surface area contributed by atoms with Crippen LogP contribution in [0.5, 0.6) is 0 Å². The fourth-order valence-electron chi connectivity index (χ4n) is 3.04. The van der Waals surface area contributed by atoms with Gasteiger partial charge in [0.25, 0.3) is 0 Å². The number of nitrogens with zero attached hydrogens (tertiary/aromatic N) is 3. The predicted molar refractivity (Wildman–Crippen MR) is 92.4 cm³/mol. The van der Waals surface area contributed by atoms with E-state index in [0.29, 0.717) is 0 Å². The number of carbonyl (C=O) groups is 1. The summed E-state index contributed by atoms with van der Waals surface area (Å²) in [6, 6.07) is 4.06. The molecule has 0 radical (unpaired) electrons. The second kappa shape index (κ2) is 5.82. The van der Waals surface area contributed by atoms with E-state index in [9.17, 15) is 4.79 Å². The van der Waals surface area contributed by atoms with Gasteiger partial charge in [0.1, 0.15) is 11.2 Å². The van der Waals surface area contributed by atoms with E-state index in [2.05, 4.69) is 22.9 Å². The first kappa shape index (κ1) is 16.3. The zero-order valence-corrected chi connectivity index (χ0v) is 15.5. The SMILES string of the molecule is CC1CCC(c2cn3cc(Br)ccc3n2)N1C(=O)OC(C)(C)C. The van der Waals surface area contributed by atoms with E-state index in [0.717, 1.165) is 28.7 Å². The van der Waals surface area contributed by atoms with Crippen molar-refractivity contribution in [3.8, 4) is 0 Å². The molecule has 0 aromatic carbocycles. The first-order chi connectivity index (χ1) is 10.7. The molecule has 124 valence electrons. The molecule has 3 rings (SSSR count). The molecule has 0 saturated carbocycles. The Labute approximate surface area is 144 Å². The van der Waals surface area contributed by atoms with Gasteiger partial charge in [0.2, 0.25) is 0 Å². The number of imidazole rings is 1. The van der Waals surface area contributed by atoms with Gasteiger partial charge >= 0.3 is 6.09 Å². The zero-order valence-electron chi connectivity index (χ0n) is 13.9. The first-order valence-electron chi connectivity index (χ1n) is 7.90. The molecule has 1 amide bonds. The van der Waals surface area contributed by atoms with Crippen LogP contribution in [0.4, 0.5) is 4.79 Å². The summed E-state index contributed by atoms with van der Waals surface area (Å²) < 4.78 is 8.56. The Bertz CT molecular complexity index is 735. The average molecular weight is 380 g/mol. The maximum atomic E-state index is 12.6. The van der Waals surface area contributed by atoms with E-state index in [1.807, 2.05) is 54.6 Å². The molecule has 2 unspecified atom stereocenters. The second-order valence-electron chi connectivity index (χ2n) is 7.11. The second-order valence-corrected chi connectivity index (χ2v) is 8.02. The molecule has 0 N–H and O–H groups in total. The van der Waals surface area contributed by atoms with Gasteiger partial charge in [-0.25, -0.2) is 9.78 Å². The first-order valence-corrected chi connectivity index (χ1v) is 8.69. The highest BCUT2D eigenvalue weighted by molar-refractivity contribution is 9.10. The third-order valence-electron chi connectivity index (χ3n) is 4.05. The Kier molecular flexibility index (Phi) is 4.12. The van der Waals surface area contributed by atoms with Crippen LogP contribution in [0, 0.1) is 0 Å². The lowest BCUT2D eigenvalue weighted by Gasteiger charge is -2.30. The summed E-state index contributed by atoms with van der Waals surface area (Å²) in [4.78, 5) is 19.1. The number of aromatic nitrogens is 2. The lowest BCUT2D eigenvalue weighted by Crippen LogP contribution is -2.40. The number of fused-ring (bicyclic) bond motifs is 1. The van der Waals surface area contributed by atoms with Crippen molar-refractivity contribution < 1.29 is 9.53 Å². The maximum Gasteiger partial charge on any atom is 0.411 e. The van der Waals surface area contributed by atoms with E-state index in [-0.39, 0.29) is 18.2 Å². The Morgan fingerprint density at radius 1 is 1.30 bits per heavy atom. The molecule has 5 nitrogen and oxygen atoms in total. The Morgan fingerprint density at radius 3 is 2.74 bits per heavy atom. The predicted octanol–water partition coefficient (Wildman–Crippen LogP) is 4.56. The summed E-state index contributed by atoms with van der Waals surface area (Å²) in [7, 11) is 0. The molecule has 1 aliphatic heterocycles. The molecule has 2 aromatic rings. The molecule has 23 heavy (non-hydrogen) atoms. The van der Waals surface area contributed by atoms with Gasteiger partial charge in [0.05, 0.1) is 11.7 Å². The molecule has 1 aliphatic rings. The summed E-state index contributed by atoms with van der Waals surface area (Å²) in [5.74, 6) is 0. The molecule has 3 heterocycles. The van der Waals surface area contributed by atoms with Crippen LogP contribution in [-0.2, 0) is 4.74 Å². The largest absolute Gasteiger partial charge is 0.444 e. The van der Waals surface area contributed by atoms with E-state index in [1.165, 1.54) is 0 Å². The molecule has 1 saturated heterocycles. The maximum absolute atomic E-state index is 12.6. The van der Waals surface area contributed by atoms with Crippen LogP contribution in [-0.4, -0.2) is 32.0 Å². The number of pyridine rings is 1. The fourth-order valence-corrected chi connectivity index (χ4v) is 3.39. The van der Waals surface area contributed by atoms with Crippen molar-refractivity contribution in [2.24, 2.45) is 0 Å². The minimum absolute atomic E-state index is 0.0291. The number of amides is 1. The van der Waals surface area contributed by atoms with Crippen LogP contribution in [0.15, 0.2) is 29.0 Å². The number of likely N-dealkylation sites (tertiary alicyclic amines) is 1. The summed E-state index contributed by atoms with van der Waals surface area (Å²) in [5.41, 5.74) is 1.30. The molecular formula is C17H22BrN3O2. The number of hydrogen-bond acceptors (Lipinski definition) is 3. The molecule has 0 spiro atoms. The fraction of sp³-hybridized carbons (Fsp3) is 0.529. The number of carbonyl (C=O) groups excluding carboxylic acids is 1. The van der Waals surface area contributed by atoms with E-state index in [4.69, 9.17) is 9.72 Å².